The van der Waals surface area contributed by atoms with Crippen LogP contribution in [0.5, 0.6) is 0 Å². The minimum absolute atomic E-state index is 0.388. The van der Waals surface area contributed by atoms with E-state index in [0.29, 0.717) is 6.54 Å². The van der Waals surface area contributed by atoms with Gasteiger partial charge in [0.2, 0.25) is 0 Å². The molecule has 2 rings (SSSR count). The zero-order valence-electron chi connectivity index (χ0n) is 8.18. The number of rotatable bonds is 2. The van der Waals surface area contributed by atoms with E-state index < -0.39 is 11.2 Å². The Morgan fingerprint density at radius 3 is 2.88 bits per heavy atom. The molecular formula is C10H8BrN3O2. The van der Waals surface area contributed by atoms with Gasteiger partial charge in [-0.05, 0) is 27.6 Å². The summed E-state index contributed by atoms with van der Waals surface area (Å²) in [5.41, 5.74) is 0.107. The number of nitrogens with zero attached hydrogens (tertiary/aromatic N) is 2. The van der Waals surface area contributed by atoms with Gasteiger partial charge in [-0.3, -0.25) is 19.3 Å². The number of halogens is 1. The van der Waals surface area contributed by atoms with Crippen LogP contribution in [0.25, 0.3) is 0 Å². The molecule has 0 amide bonds. The first kappa shape index (κ1) is 10.8. The molecule has 0 aromatic carbocycles. The summed E-state index contributed by atoms with van der Waals surface area (Å²) < 4.78 is 2.25. The Balaban J connectivity index is 2.38. The van der Waals surface area contributed by atoms with Crippen LogP contribution in [0.15, 0.2) is 44.8 Å². The fraction of sp³-hybridized carbons (Fsp3) is 0.100. The first-order valence-corrected chi connectivity index (χ1v) is 5.34. The van der Waals surface area contributed by atoms with Gasteiger partial charge in [0.1, 0.15) is 0 Å². The van der Waals surface area contributed by atoms with Gasteiger partial charge in [0.05, 0.1) is 6.54 Å². The maximum Gasteiger partial charge on any atom is 0.328 e. The van der Waals surface area contributed by atoms with Crippen LogP contribution in [0.2, 0.25) is 0 Å². The molecule has 1 N–H and O–H groups in total. The number of pyridine rings is 1. The molecule has 0 aliphatic heterocycles. The summed E-state index contributed by atoms with van der Waals surface area (Å²) in [4.78, 5) is 28.4. The Labute approximate surface area is 98.9 Å². The average molecular weight is 282 g/mol. The van der Waals surface area contributed by atoms with E-state index in [9.17, 15) is 9.59 Å². The quantitative estimate of drug-likeness (QED) is 0.883. The smallest absolute Gasteiger partial charge is 0.296 e. The van der Waals surface area contributed by atoms with Crippen molar-refractivity contribution >= 4 is 15.9 Å². The summed E-state index contributed by atoms with van der Waals surface area (Å²) in [6.45, 7) is 0.388. The van der Waals surface area contributed by atoms with E-state index in [2.05, 4.69) is 25.9 Å². The van der Waals surface area contributed by atoms with Crippen molar-refractivity contribution in [1.82, 2.24) is 14.5 Å². The first-order valence-electron chi connectivity index (χ1n) is 4.55. The van der Waals surface area contributed by atoms with Crippen molar-refractivity contribution in [2.45, 2.75) is 6.54 Å². The molecule has 0 atom stereocenters. The monoisotopic (exact) mass is 281 g/mol. The molecule has 0 aliphatic rings. The van der Waals surface area contributed by atoms with Gasteiger partial charge in [-0.2, -0.15) is 0 Å². The Morgan fingerprint density at radius 1 is 1.38 bits per heavy atom. The standard InChI is InChI=1S/C10H8BrN3O2/c11-8-5-12-3-1-7(8)6-14-4-2-9(15)13-10(14)16/h1-5H,6H2,(H,13,15,16). The third-order valence-electron chi connectivity index (χ3n) is 2.09. The van der Waals surface area contributed by atoms with Crippen LogP contribution in [0, 0.1) is 0 Å². The minimum Gasteiger partial charge on any atom is -0.296 e. The van der Waals surface area contributed by atoms with E-state index in [1.165, 1.54) is 16.8 Å². The molecule has 5 nitrogen and oxygen atoms in total. The predicted octanol–water partition coefficient (Wildman–Crippen LogP) is 0.742. The van der Waals surface area contributed by atoms with Crippen LogP contribution < -0.4 is 11.2 Å². The van der Waals surface area contributed by atoms with Crippen LogP contribution in [0.1, 0.15) is 5.56 Å². The lowest BCUT2D eigenvalue weighted by molar-refractivity contribution is 0.717. The number of hydrogen-bond acceptors (Lipinski definition) is 3. The number of H-pyrrole nitrogens is 1. The van der Waals surface area contributed by atoms with Gasteiger partial charge in [0, 0.05) is 29.1 Å². The molecule has 82 valence electrons. The zero-order chi connectivity index (χ0) is 11.5. The molecule has 16 heavy (non-hydrogen) atoms. The third kappa shape index (κ3) is 2.27. The molecule has 6 heteroatoms. The summed E-state index contributed by atoms with van der Waals surface area (Å²) >= 11 is 3.34. The Bertz CT molecular complexity index is 618. The summed E-state index contributed by atoms with van der Waals surface area (Å²) in [5.74, 6) is 0. The van der Waals surface area contributed by atoms with E-state index in [1.54, 1.807) is 12.4 Å². The van der Waals surface area contributed by atoms with Crippen LogP contribution in [-0.2, 0) is 6.54 Å². The molecule has 0 unspecified atom stereocenters. The van der Waals surface area contributed by atoms with Gasteiger partial charge in [-0.15, -0.1) is 0 Å². The zero-order valence-corrected chi connectivity index (χ0v) is 9.77. The summed E-state index contributed by atoms with van der Waals surface area (Å²) in [7, 11) is 0. The lowest BCUT2D eigenvalue weighted by Crippen LogP contribution is -2.28. The van der Waals surface area contributed by atoms with Crippen molar-refractivity contribution in [3.05, 3.63) is 61.6 Å². The minimum atomic E-state index is -0.420. The Kier molecular flexibility index (Phi) is 3.00. The first-order chi connectivity index (χ1) is 7.66. The van der Waals surface area contributed by atoms with Crippen LogP contribution >= 0.6 is 15.9 Å². The van der Waals surface area contributed by atoms with E-state index in [1.807, 2.05) is 6.07 Å². The van der Waals surface area contributed by atoms with Crippen molar-refractivity contribution in [3.8, 4) is 0 Å². The highest BCUT2D eigenvalue weighted by molar-refractivity contribution is 9.10. The highest BCUT2D eigenvalue weighted by atomic mass is 79.9. The highest BCUT2D eigenvalue weighted by Crippen LogP contribution is 2.14. The van der Waals surface area contributed by atoms with Crippen molar-refractivity contribution in [3.63, 3.8) is 0 Å². The van der Waals surface area contributed by atoms with Crippen LogP contribution in [0.3, 0.4) is 0 Å². The molecule has 0 aliphatic carbocycles. The van der Waals surface area contributed by atoms with Crippen LogP contribution in [-0.4, -0.2) is 14.5 Å². The van der Waals surface area contributed by atoms with E-state index in [-0.39, 0.29) is 0 Å². The third-order valence-corrected chi connectivity index (χ3v) is 2.81. The fourth-order valence-corrected chi connectivity index (χ4v) is 1.66. The molecule has 0 saturated heterocycles. The van der Waals surface area contributed by atoms with Gasteiger partial charge in [0.25, 0.3) is 5.56 Å². The highest BCUT2D eigenvalue weighted by Gasteiger charge is 2.02. The second kappa shape index (κ2) is 4.44. The van der Waals surface area contributed by atoms with Gasteiger partial charge in [-0.25, -0.2) is 4.79 Å². The second-order valence-electron chi connectivity index (χ2n) is 3.21. The van der Waals surface area contributed by atoms with Crippen molar-refractivity contribution < 1.29 is 0 Å². The summed E-state index contributed by atoms with van der Waals surface area (Å²) in [5, 5.41) is 0. The fourth-order valence-electron chi connectivity index (χ4n) is 1.28. The van der Waals surface area contributed by atoms with Crippen molar-refractivity contribution in [2.75, 3.05) is 0 Å². The molecule has 2 aromatic rings. The largest absolute Gasteiger partial charge is 0.328 e. The second-order valence-corrected chi connectivity index (χ2v) is 4.06. The van der Waals surface area contributed by atoms with Gasteiger partial charge in [-0.1, -0.05) is 0 Å². The topological polar surface area (TPSA) is 67.8 Å². The van der Waals surface area contributed by atoms with E-state index in [0.717, 1.165) is 10.0 Å². The Hall–Kier alpha value is -1.69. The molecule has 0 bridgehead atoms. The number of aromatic nitrogens is 3. The molecule has 0 fully saturated rings. The number of aromatic amines is 1. The predicted molar refractivity (Wildman–Crippen MR) is 62.4 cm³/mol. The summed E-state index contributed by atoms with van der Waals surface area (Å²) in [6.07, 6.45) is 4.77. The normalized spacial score (nSPS) is 10.3. The maximum absolute atomic E-state index is 11.4. The van der Waals surface area contributed by atoms with E-state index in [4.69, 9.17) is 0 Å². The van der Waals surface area contributed by atoms with Crippen molar-refractivity contribution in [2.24, 2.45) is 0 Å². The van der Waals surface area contributed by atoms with Gasteiger partial charge >= 0.3 is 5.69 Å². The van der Waals surface area contributed by atoms with Gasteiger partial charge < -0.3 is 0 Å². The maximum atomic E-state index is 11.4. The number of nitrogens with one attached hydrogen (secondary N) is 1. The lowest BCUT2D eigenvalue weighted by Gasteiger charge is -2.05. The Morgan fingerprint density at radius 2 is 2.19 bits per heavy atom. The SMILES string of the molecule is O=c1ccn(Cc2ccncc2Br)c(=O)[nH]1. The summed E-state index contributed by atoms with van der Waals surface area (Å²) in [6, 6.07) is 3.12. The van der Waals surface area contributed by atoms with Gasteiger partial charge in [0.15, 0.2) is 0 Å². The van der Waals surface area contributed by atoms with E-state index >= 15 is 0 Å². The van der Waals surface area contributed by atoms with Crippen LogP contribution in [0.4, 0.5) is 0 Å². The molecular weight excluding hydrogens is 274 g/mol. The lowest BCUT2D eigenvalue weighted by atomic mass is 10.3. The molecule has 0 spiro atoms. The van der Waals surface area contributed by atoms with Crippen molar-refractivity contribution in [1.29, 1.82) is 0 Å². The molecule has 2 heterocycles. The number of hydrogen-bond donors (Lipinski definition) is 1. The molecule has 0 saturated carbocycles. The molecule has 0 radical (unpaired) electrons. The average Bonchev–Trinajstić information content (AvgIpc) is 2.25. The molecule has 2 aromatic heterocycles.